The van der Waals surface area contributed by atoms with Gasteiger partial charge in [-0.1, -0.05) is 28.1 Å². The van der Waals surface area contributed by atoms with Crippen LogP contribution in [-0.2, 0) is 19.4 Å². The third-order valence-corrected chi connectivity index (χ3v) is 6.63. The summed E-state index contributed by atoms with van der Waals surface area (Å²) in [4.78, 5) is 14.0. The number of rotatable bonds is 4. The van der Waals surface area contributed by atoms with Crippen molar-refractivity contribution in [2.75, 3.05) is 43.9 Å². The molecule has 2 N–H and O–H groups in total. The molecule has 31 heavy (non-hydrogen) atoms. The lowest BCUT2D eigenvalue weighted by Gasteiger charge is -2.35. The maximum absolute atomic E-state index is 6.14. The molecule has 2 aliphatic rings. The number of nitrogens with two attached hydrogens (primary N) is 1. The molecule has 1 fully saturated rings. The number of anilines is 2. The van der Waals surface area contributed by atoms with E-state index in [4.69, 9.17) is 10.5 Å². The van der Waals surface area contributed by atoms with Crippen LogP contribution in [0.3, 0.4) is 0 Å². The number of likely N-dealkylation sites (N-methyl/N-ethyl adjacent to an activating group) is 1. The quantitative estimate of drug-likeness (QED) is 0.611. The first-order valence-electron chi connectivity index (χ1n) is 10.7. The average molecular weight is 480 g/mol. The molecule has 6 nitrogen and oxygen atoms in total. The summed E-state index contributed by atoms with van der Waals surface area (Å²) in [5.41, 5.74) is 11.9. The van der Waals surface area contributed by atoms with Crippen molar-refractivity contribution in [2.45, 2.75) is 19.4 Å². The summed E-state index contributed by atoms with van der Waals surface area (Å²) < 4.78 is 7.12. The van der Waals surface area contributed by atoms with E-state index in [-0.39, 0.29) is 0 Å². The topological polar surface area (TPSA) is 67.5 Å². The Morgan fingerprint density at radius 3 is 2.55 bits per heavy atom. The zero-order chi connectivity index (χ0) is 21.4. The maximum Gasteiger partial charge on any atom is 0.222 e. The van der Waals surface area contributed by atoms with Crippen LogP contribution in [-0.4, -0.2) is 48.1 Å². The predicted octanol–water partition coefficient (Wildman–Crippen LogP) is 3.92. The van der Waals surface area contributed by atoms with E-state index in [1.165, 1.54) is 11.1 Å². The van der Waals surface area contributed by atoms with Gasteiger partial charge in [-0.05, 0) is 61.3 Å². The number of halogens is 1. The molecular weight excluding hydrogens is 454 g/mol. The van der Waals surface area contributed by atoms with Crippen LogP contribution in [0.1, 0.15) is 16.7 Å². The second-order valence-corrected chi connectivity index (χ2v) is 9.17. The van der Waals surface area contributed by atoms with Gasteiger partial charge in [-0.25, -0.2) is 4.98 Å². The molecule has 0 radical (unpaired) electrons. The monoisotopic (exact) mass is 479 g/mol. The zero-order valence-corrected chi connectivity index (χ0v) is 19.2. The van der Waals surface area contributed by atoms with E-state index in [0.717, 1.165) is 71.9 Å². The Morgan fingerprint density at radius 2 is 1.77 bits per heavy atom. The van der Waals surface area contributed by atoms with E-state index in [9.17, 15) is 0 Å². The number of fused-ring (bicyclic) bond motifs is 3. The van der Waals surface area contributed by atoms with Gasteiger partial charge in [-0.15, -0.1) is 0 Å². The van der Waals surface area contributed by atoms with Crippen LogP contribution in [0, 0.1) is 0 Å². The molecule has 7 heteroatoms. The smallest absolute Gasteiger partial charge is 0.222 e. The van der Waals surface area contributed by atoms with E-state index in [1.54, 1.807) is 0 Å². The van der Waals surface area contributed by atoms with Crippen LogP contribution in [0.4, 0.5) is 11.8 Å². The van der Waals surface area contributed by atoms with Crippen LogP contribution in [0.2, 0.25) is 0 Å². The Hall–Kier alpha value is -2.64. The van der Waals surface area contributed by atoms with Crippen molar-refractivity contribution in [2.24, 2.45) is 0 Å². The third kappa shape index (κ3) is 4.25. The number of piperazine rings is 1. The molecule has 0 unspecified atom stereocenters. The van der Waals surface area contributed by atoms with E-state index in [1.807, 2.05) is 18.2 Å². The maximum atomic E-state index is 6.14. The molecule has 2 aromatic carbocycles. The Kier molecular flexibility index (Phi) is 5.54. The largest absolute Gasteiger partial charge is 0.489 e. The molecule has 2 heterocycles. The van der Waals surface area contributed by atoms with Gasteiger partial charge in [0.1, 0.15) is 18.2 Å². The highest BCUT2D eigenvalue weighted by molar-refractivity contribution is 9.10. The van der Waals surface area contributed by atoms with Gasteiger partial charge < -0.3 is 20.3 Å². The van der Waals surface area contributed by atoms with Crippen LogP contribution in [0.15, 0.2) is 46.9 Å². The molecule has 1 aliphatic heterocycles. The number of aromatic nitrogens is 2. The standard InChI is InChI=1S/C24H26BrN5O/c1-29-10-12-30(13-11-29)23-21-8-4-17-14-19(31-15-16-2-5-18(25)6-3-16)7-9-20(17)22(21)27-24(26)28-23/h2-3,5-7,9,14H,4,8,10-13,15H2,1H3,(H2,26,27,28). The van der Waals surface area contributed by atoms with Crippen molar-refractivity contribution in [1.29, 1.82) is 0 Å². The lowest BCUT2D eigenvalue weighted by molar-refractivity contribution is 0.306. The SMILES string of the molecule is CN1CCN(c2nc(N)nc3c2CCc2cc(OCc4ccc(Br)cc4)ccc2-3)CC1. The number of hydrogen-bond acceptors (Lipinski definition) is 6. The fourth-order valence-electron chi connectivity index (χ4n) is 4.33. The van der Waals surface area contributed by atoms with E-state index >= 15 is 0 Å². The molecule has 1 saturated heterocycles. The lowest BCUT2D eigenvalue weighted by Crippen LogP contribution is -2.45. The highest BCUT2D eigenvalue weighted by Crippen LogP contribution is 2.38. The van der Waals surface area contributed by atoms with Gasteiger partial charge in [0, 0.05) is 41.8 Å². The average Bonchev–Trinajstić information content (AvgIpc) is 2.78. The van der Waals surface area contributed by atoms with E-state index < -0.39 is 0 Å². The van der Waals surface area contributed by atoms with Crippen LogP contribution < -0.4 is 15.4 Å². The number of aryl methyl sites for hydroxylation is 1. The summed E-state index contributed by atoms with van der Waals surface area (Å²) in [5, 5.41) is 0. The molecule has 3 aromatic rings. The van der Waals surface area contributed by atoms with Crippen molar-refractivity contribution in [1.82, 2.24) is 14.9 Å². The van der Waals surface area contributed by atoms with Gasteiger partial charge in [0.25, 0.3) is 0 Å². The fourth-order valence-corrected chi connectivity index (χ4v) is 4.59. The van der Waals surface area contributed by atoms with Crippen LogP contribution in [0.5, 0.6) is 5.75 Å². The Morgan fingerprint density at radius 1 is 1.00 bits per heavy atom. The highest BCUT2D eigenvalue weighted by atomic mass is 79.9. The number of hydrogen-bond donors (Lipinski definition) is 1. The number of benzene rings is 2. The summed E-state index contributed by atoms with van der Waals surface area (Å²) >= 11 is 3.47. The molecule has 0 bridgehead atoms. The highest BCUT2D eigenvalue weighted by Gasteiger charge is 2.26. The van der Waals surface area contributed by atoms with Crippen molar-refractivity contribution in [3.05, 3.63) is 63.6 Å². The first kappa shape index (κ1) is 20.3. The van der Waals surface area contributed by atoms with Gasteiger partial charge in [-0.2, -0.15) is 4.98 Å². The third-order valence-electron chi connectivity index (χ3n) is 6.10. The number of nitrogen functional groups attached to an aromatic ring is 1. The minimum absolute atomic E-state index is 0.344. The molecule has 0 atom stereocenters. The molecular formula is C24H26BrN5O. The van der Waals surface area contributed by atoms with Gasteiger partial charge >= 0.3 is 0 Å². The molecule has 0 spiro atoms. The first-order chi connectivity index (χ1) is 15.1. The van der Waals surface area contributed by atoms with Crippen molar-refractivity contribution >= 4 is 27.7 Å². The first-order valence-corrected chi connectivity index (χ1v) is 11.5. The van der Waals surface area contributed by atoms with Crippen LogP contribution in [0.25, 0.3) is 11.3 Å². The van der Waals surface area contributed by atoms with E-state index in [0.29, 0.717) is 12.6 Å². The normalized spacial score (nSPS) is 16.0. The minimum atomic E-state index is 0.344. The summed E-state index contributed by atoms with van der Waals surface area (Å²) in [6.07, 6.45) is 1.87. The van der Waals surface area contributed by atoms with Gasteiger partial charge in [-0.3, -0.25) is 0 Å². The Bertz CT molecular complexity index is 1090. The predicted molar refractivity (Wildman–Crippen MR) is 127 cm³/mol. The second-order valence-electron chi connectivity index (χ2n) is 8.26. The Balaban J connectivity index is 1.40. The molecule has 1 aromatic heterocycles. The summed E-state index contributed by atoms with van der Waals surface area (Å²) in [6.45, 7) is 4.55. The Labute approximate surface area is 191 Å². The number of ether oxygens (including phenoxy) is 1. The number of nitrogens with zero attached hydrogens (tertiary/aromatic N) is 4. The van der Waals surface area contributed by atoms with Crippen LogP contribution >= 0.6 is 15.9 Å². The fraction of sp³-hybridized carbons (Fsp3) is 0.333. The summed E-state index contributed by atoms with van der Waals surface area (Å²) in [5.74, 6) is 2.24. The summed E-state index contributed by atoms with van der Waals surface area (Å²) in [6, 6.07) is 14.5. The van der Waals surface area contributed by atoms with Gasteiger partial charge in [0.05, 0.1) is 5.69 Å². The zero-order valence-electron chi connectivity index (χ0n) is 17.6. The lowest BCUT2D eigenvalue weighted by atomic mass is 9.88. The van der Waals surface area contributed by atoms with Gasteiger partial charge in [0.2, 0.25) is 5.95 Å². The van der Waals surface area contributed by atoms with Crippen molar-refractivity contribution in [3.63, 3.8) is 0 Å². The van der Waals surface area contributed by atoms with Crippen molar-refractivity contribution < 1.29 is 4.74 Å². The molecule has 0 amide bonds. The van der Waals surface area contributed by atoms with E-state index in [2.05, 4.69) is 67.0 Å². The van der Waals surface area contributed by atoms with Crippen molar-refractivity contribution in [3.8, 4) is 17.0 Å². The van der Waals surface area contributed by atoms with Gasteiger partial charge in [0.15, 0.2) is 0 Å². The molecule has 160 valence electrons. The minimum Gasteiger partial charge on any atom is -0.489 e. The summed E-state index contributed by atoms with van der Waals surface area (Å²) in [7, 11) is 2.16. The second kappa shape index (κ2) is 8.48. The molecule has 0 saturated carbocycles. The molecule has 1 aliphatic carbocycles. The molecule has 5 rings (SSSR count).